The molecule has 0 radical (unpaired) electrons. The van der Waals surface area contributed by atoms with Crippen molar-refractivity contribution in [2.75, 3.05) is 47.0 Å². The van der Waals surface area contributed by atoms with Gasteiger partial charge in [-0.05, 0) is 42.5 Å². The Morgan fingerprint density at radius 2 is 1.85 bits per heavy atom. The minimum absolute atomic E-state index is 0.0141. The Hall–Kier alpha value is -3.72. The van der Waals surface area contributed by atoms with E-state index in [0.717, 1.165) is 5.56 Å². The minimum Gasteiger partial charge on any atom is -0.497 e. The van der Waals surface area contributed by atoms with Crippen LogP contribution in [0.25, 0.3) is 11.5 Å². The van der Waals surface area contributed by atoms with E-state index >= 15 is 0 Å². The molecule has 0 saturated carbocycles. The summed E-state index contributed by atoms with van der Waals surface area (Å²) in [5.74, 6) is 1.38. The van der Waals surface area contributed by atoms with Gasteiger partial charge < -0.3 is 23.8 Å². The van der Waals surface area contributed by atoms with E-state index in [1.807, 2.05) is 0 Å². The average Bonchev–Trinajstić information content (AvgIpc) is 3.36. The zero-order valence-corrected chi connectivity index (χ0v) is 18.7. The van der Waals surface area contributed by atoms with Crippen LogP contribution >= 0.6 is 0 Å². The molecule has 3 aromatic rings. The fraction of sp³-hybridized carbons (Fsp3) is 0.333. The lowest BCUT2D eigenvalue weighted by molar-refractivity contribution is 0.0303. The third-order valence-corrected chi connectivity index (χ3v) is 5.48. The van der Waals surface area contributed by atoms with Crippen molar-refractivity contribution in [1.29, 1.82) is 0 Å². The summed E-state index contributed by atoms with van der Waals surface area (Å²) in [5.41, 5.74) is 1.89. The highest BCUT2D eigenvalue weighted by Crippen LogP contribution is 2.19. The van der Waals surface area contributed by atoms with Gasteiger partial charge in [-0.3, -0.25) is 9.59 Å². The van der Waals surface area contributed by atoms with E-state index in [1.165, 1.54) is 0 Å². The Labute approximate surface area is 191 Å². The fourth-order valence-electron chi connectivity index (χ4n) is 3.52. The van der Waals surface area contributed by atoms with Gasteiger partial charge in [-0.25, -0.2) is 0 Å². The standard InChI is InChI=1S/C24H26N4O5/c1-27(23(29)19-4-3-5-20(16-19)31-2)11-10-21-25-22(33-26-21)17-6-8-18(9-7-17)24(30)28-12-14-32-15-13-28/h3-9,16H,10-15H2,1-2H3. The number of hydrogen-bond acceptors (Lipinski definition) is 7. The number of hydrogen-bond donors (Lipinski definition) is 0. The molecule has 9 nitrogen and oxygen atoms in total. The zero-order chi connectivity index (χ0) is 23.2. The van der Waals surface area contributed by atoms with Gasteiger partial charge in [-0.2, -0.15) is 4.98 Å². The van der Waals surface area contributed by atoms with E-state index in [4.69, 9.17) is 14.0 Å². The number of aromatic nitrogens is 2. The van der Waals surface area contributed by atoms with Crippen molar-refractivity contribution in [2.45, 2.75) is 6.42 Å². The van der Waals surface area contributed by atoms with E-state index in [9.17, 15) is 9.59 Å². The smallest absolute Gasteiger partial charge is 0.257 e. The first-order chi connectivity index (χ1) is 16.0. The SMILES string of the molecule is COc1cccc(C(=O)N(C)CCc2noc(-c3ccc(C(=O)N4CCOCC4)cc3)n2)c1. The molecule has 4 rings (SSSR count). The summed E-state index contributed by atoms with van der Waals surface area (Å²) in [5, 5.41) is 4.02. The van der Waals surface area contributed by atoms with Crippen LogP contribution in [0.4, 0.5) is 0 Å². The lowest BCUT2D eigenvalue weighted by Gasteiger charge is -2.26. The van der Waals surface area contributed by atoms with E-state index in [-0.39, 0.29) is 11.8 Å². The Kier molecular flexibility index (Phi) is 6.99. The summed E-state index contributed by atoms with van der Waals surface area (Å²) in [7, 11) is 3.30. The molecular formula is C24H26N4O5. The van der Waals surface area contributed by atoms with E-state index in [1.54, 1.807) is 72.5 Å². The first-order valence-electron chi connectivity index (χ1n) is 10.7. The molecule has 0 N–H and O–H groups in total. The third-order valence-electron chi connectivity index (χ3n) is 5.48. The fourth-order valence-corrected chi connectivity index (χ4v) is 3.52. The van der Waals surface area contributed by atoms with Crippen molar-refractivity contribution in [2.24, 2.45) is 0 Å². The number of carbonyl (C=O) groups is 2. The number of nitrogens with zero attached hydrogens (tertiary/aromatic N) is 4. The summed E-state index contributed by atoms with van der Waals surface area (Å²) < 4.78 is 15.9. The van der Waals surface area contributed by atoms with Crippen LogP contribution in [0.1, 0.15) is 26.5 Å². The summed E-state index contributed by atoms with van der Waals surface area (Å²) in [4.78, 5) is 33.0. The normalized spacial score (nSPS) is 13.6. The van der Waals surface area contributed by atoms with Crippen molar-refractivity contribution in [1.82, 2.24) is 19.9 Å². The summed E-state index contributed by atoms with van der Waals surface area (Å²) in [6.45, 7) is 2.76. The molecule has 172 valence electrons. The lowest BCUT2D eigenvalue weighted by atomic mass is 10.1. The summed E-state index contributed by atoms with van der Waals surface area (Å²) >= 11 is 0. The molecule has 1 saturated heterocycles. The number of benzene rings is 2. The van der Waals surface area contributed by atoms with Crippen molar-refractivity contribution in [3.8, 4) is 17.2 Å². The largest absolute Gasteiger partial charge is 0.497 e. The third kappa shape index (κ3) is 5.38. The average molecular weight is 450 g/mol. The number of likely N-dealkylation sites (N-methyl/N-ethyl adjacent to an activating group) is 1. The molecule has 2 heterocycles. The quantitative estimate of drug-likeness (QED) is 0.546. The first kappa shape index (κ1) is 22.5. The molecule has 1 aliphatic rings. The molecule has 0 spiro atoms. The molecule has 1 fully saturated rings. The Morgan fingerprint density at radius 1 is 1.09 bits per heavy atom. The first-order valence-corrected chi connectivity index (χ1v) is 10.7. The molecule has 1 aliphatic heterocycles. The zero-order valence-electron chi connectivity index (χ0n) is 18.7. The molecule has 2 amide bonds. The maximum atomic E-state index is 12.6. The second-order valence-corrected chi connectivity index (χ2v) is 7.71. The highest BCUT2D eigenvalue weighted by atomic mass is 16.5. The molecular weight excluding hydrogens is 424 g/mol. The van der Waals surface area contributed by atoms with Crippen LogP contribution in [-0.4, -0.2) is 78.8 Å². The molecule has 9 heteroatoms. The highest BCUT2D eigenvalue weighted by molar-refractivity contribution is 5.95. The van der Waals surface area contributed by atoms with Crippen LogP contribution in [0, 0.1) is 0 Å². The lowest BCUT2D eigenvalue weighted by Crippen LogP contribution is -2.40. The van der Waals surface area contributed by atoms with Crippen LogP contribution in [0.3, 0.4) is 0 Å². The van der Waals surface area contributed by atoms with Gasteiger partial charge in [0.2, 0.25) is 0 Å². The van der Waals surface area contributed by atoms with Gasteiger partial charge in [0.1, 0.15) is 5.75 Å². The molecule has 0 atom stereocenters. The van der Waals surface area contributed by atoms with Gasteiger partial charge in [0.15, 0.2) is 5.82 Å². The van der Waals surface area contributed by atoms with Crippen molar-refractivity contribution >= 4 is 11.8 Å². The number of ether oxygens (including phenoxy) is 2. The monoisotopic (exact) mass is 450 g/mol. The Bertz CT molecular complexity index is 1110. The van der Waals surface area contributed by atoms with Crippen molar-refractivity contribution in [3.05, 3.63) is 65.5 Å². The second kappa shape index (κ2) is 10.3. The number of morpholine rings is 1. The number of methoxy groups -OCH3 is 1. The molecule has 0 aliphatic carbocycles. The van der Waals surface area contributed by atoms with Crippen LogP contribution in [-0.2, 0) is 11.2 Å². The van der Waals surface area contributed by atoms with Crippen LogP contribution < -0.4 is 4.74 Å². The number of rotatable bonds is 7. The molecule has 33 heavy (non-hydrogen) atoms. The van der Waals surface area contributed by atoms with Gasteiger partial charge in [0.25, 0.3) is 17.7 Å². The van der Waals surface area contributed by atoms with E-state index < -0.39 is 0 Å². The summed E-state index contributed by atoms with van der Waals surface area (Å²) in [6.07, 6.45) is 0.448. The van der Waals surface area contributed by atoms with Gasteiger partial charge in [-0.1, -0.05) is 11.2 Å². The second-order valence-electron chi connectivity index (χ2n) is 7.71. The maximum absolute atomic E-state index is 12.6. The van der Waals surface area contributed by atoms with Gasteiger partial charge in [0.05, 0.1) is 20.3 Å². The van der Waals surface area contributed by atoms with Crippen LogP contribution in [0.2, 0.25) is 0 Å². The summed E-state index contributed by atoms with van der Waals surface area (Å²) in [6, 6.07) is 14.1. The van der Waals surface area contributed by atoms with Gasteiger partial charge in [-0.15, -0.1) is 0 Å². The van der Waals surface area contributed by atoms with E-state index in [0.29, 0.717) is 67.9 Å². The van der Waals surface area contributed by atoms with Crippen LogP contribution in [0.5, 0.6) is 5.75 Å². The van der Waals surface area contributed by atoms with Crippen molar-refractivity contribution < 1.29 is 23.6 Å². The topological polar surface area (TPSA) is 98.0 Å². The predicted molar refractivity (Wildman–Crippen MR) is 120 cm³/mol. The predicted octanol–water partition coefficient (Wildman–Crippen LogP) is 2.53. The number of amides is 2. The Balaban J connectivity index is 1.34. The van der Waals surface area contributed by atoms with Crippen molar-refractivity contribution in [3.63, 3.8) is 0 Å². The molecule has 1 aromatic heterocycles. The van der Waals surface area contributed by atoms with Gasteiger partial charge in [0, 0.05) is 49.8 Å². The van der Waals surface area contributed by atoms with E-state index in [2.05, 4.69) is 10.1 Å². The van der Waals surface area contributed by atoms with Gasteiger partial charge >= 0.3 is 0 Å². The highest BCUT2D eigenvalue weighted by Gasteiger charge is 2.19. The minimum atomic E-state index is -0.113. The molecule has 0 unspecified atom stereocenters. The number of carbonyl (C=O) groups excluding carboxylic acids is 2. The maximum Gasteiger partial charge on any atom is 0.257 e. The Morgan fingerprint density at radius 3 is 2.58 bits per heavy atom. The molecule has 0 bridgehead atoms. The van der Waals surface area contributed by atoms with Crippen LogP contribution in [0.15, 0.2) is 53.1 Å². The molecule has 2 aromatic carbocycles.